The summed E-state index contributed by atoms with van der Waals surface area (Å²) < 4.78 is 11.1. The first-order valence-electron chi connectivity index (χ1n) is 11.5. The molecule has 0 aromatic heterocycles. The fourth-order valence-electron chi connectivity index (χ4n) is 4.70. The molecule has 1 saturated heterocycles. The minimum atomic E-state index is -1.12. The molecule has 1 aliphatic heterocycles. The van der Waals surface area contributed by atoms with Crippen molar-refractivity contribution >= 4 is 18.0 Å². The monoisotopic (exact) mass is 466 g/mol. The van der Waals surface area contributed by atoms with E-state index in [-0.39, 0.29) is 31.7 Å². The molecular weight excluding hydrogens is 436 g/mol. The fourth-order valence-corrected chi connectivity index (χ4v) is 4.70. The zero-order chi connectivity index (χ0) is 24.5. The normalized spacial score (nSPS) is 22.1. The fraction of sp³-hybridized carbons (Fsp3) is 0.423. The van der Waals surface area contributed by atoms with Gasteiger partial charge < -0.3 is 25.2 Å². The van der Waals surface area contributed by atoms with Crippen LogP contribution < -0.4 is 10.6 Å². The maximum Gasteiger partial charge on any atom is 0.407 e. The summed E-state index contributed by atoms with van der Waals surface area (Å²) >= 11 is 0. The lowest BCUT2D eigenvalue weighted by Crippen LogP contribution is -2.57. The quantitative estimate of drug-likeness (QED) is 0.578. The third-order valence-corrected chi connectivity index (χ3v) is 6.83. The number of carbonyl (C=O) groups excluding carboxylic acids is 2. The number of carboxylic acid groups (broad SMARTS) is 1. The van der Waals surface area contributed by atoms with Crippen LogP contribution in [0.2, 0.25) is 0 Å². The van der Waals surface area contributed by atoms with E-state index in [2.05, 4.69) is 22.8 Å². The molecule has 3 atom stereocenters. The van der Waals surface area contributed by atoms with Crippen LogP contribution in [0.3, 0.4) is 0 Å². The summed E-state index contributed by atoms with van der Waals surface area (Å²) in [6.07, 6.45) is -0.643. The summed E-state index contributed by atoms with van der Waals surface area (Å²) in [6.45, 7) is 5.46. The van der Waals surface area contributed by atoms with Gasteiger partial charge in [-0.3, -0.25) is 4.79 Å². The van der Waals surface area contributed by atoms with Crippen LogP contribution in [-0.2, 0) is 19.1 Å². The van der Waals surface area contributed by atoms with Crippen LogP contribution in [0, 0.1) is 11.3 Å². The van der Waals surface area contributed by atoms with Crippen LogP contribution in [0.25, 0.3) is 11.1 Å². The third-order valence-electron chi connectivity index (χ3n) is 6.83. The van der Waals surface area contributed by atoms with Crippen LogP contribution in [0.15, 0.2) is 48.5 Å². The summed E-state index contributed by atoms with van der Waals surface area (Å²) in [6, 6.07) is 14.5. The number of ether oxygens (including phenoxy) is 2. The molecule has 3 N–H and O–H groups in total. The Hall–Kier alpha value is -3.39. The van der Waals surface area contributed by atoms with E-state index in [1.807, 2.05) is 36.4 Å². The molecule has 2 amide bonds. The number of rotatable bonds is 7. The Kier molecular flexibility index (Phi) is 6.61. The van der Waals surface area contributed by atoms with Gasteiger partial charge in [-0.15, -0.1) is 0 Å². The average Bonchev–Trinajstić information content (AvgIpc) is 3.34. The number of alkyl carbamates (subject to hydrolysis) is 1. The van der Waals surface area contributed by atoms with E-state index in [0.717, 1.165) is 22.3 Å². The maximum atomic E-state index is 13.0. The summed E-state index contributed by atoms with van der Waals surface area (Å²) in [5.41, 5.74) is 3.38. The minimum absolute atomic E-state index is 0.0671. The van der Waals surface area contributed by atoms with Gasteiger partial charge in [0.05, 0.1) is 24.7 Å². The second-order valence-electron chi connectivity index (χ2n) is 9.49. The highest BCUT2D eigenvalue weighted by Crippen LogP contribution is 2.44. The van der Waals surface area contributed by atoms with Gasteiger partial charge in [-0.25, -0.2) is 9.59 Å². The first-order valence-corrected chi connectivity index (χ1v) is 11.5. The number of hydrogen-bond acceptors (Lipinski definition) is 5. The van der Waals surface area contributed by atoms with E-state index in [4.69, 9.17) is 9.47 Å². The lowest BCUT2D eigenvalue weighted by Gasteiger charge is -2.30. The lowest BCUT2D eigenvalue weighted by molar-refractivity contribution is -0.145. The Morgan fingerprint density at radius 2 is 1.68 bits per heavy atom. The lowest BCUT2D eigenvalue weighted by atomic mass is 9.83. The Morgan fingerprint density at radius 1 is 1.09 bits per heavy atom. The van der Waals surface area contributed by atoms with Crippen molar-refractivity contribution in [2.45, 2.75) is 38.8 Å². The van der Waals surface area contributed by atoms with Crippen molar-refractivity contribution in [2.24, 2.45) is 11.3 Å². The van der Waals surface area contributed by atoms with Crippen molar-refractivity contribution in [3.8, 4) is 11.1 Å². The number of fused-ring (bicyclic) bond motifs is 3. The molecule has 8 nitrogen and oxygen atoms in total. The summed E-state index contributed by atoms with van der Waals surface area (Å²) in [5, 5.41) is 14.8. The van der Waals surface area contributed by atoms with Crippen molar-refractivity contribution in [3.05, 3.63) is 59.7 Å². The topological polar surface area (TPSA) is 114 Å². The van der Waals surface area contributed by atoms with E-state index < -0.39 is 35.5 Å². The predicted molar refractivity (Wildman–Crippen MR) is 125 cm³/mol. The van der Waals surface area contributed by atoms with E-state index >= 15 is 0 Å². The summed E-state index contributed by atoms with van der Waals surface area (Å²) in [5.74, 6) is -1.95. The molecule has 1 fully saturated rings. The van der Waals surface area contributed by atoms with Crippen molar-refractivity contribution in [1.82, 2.24) is 10.6 Å². The number of benzene rings is 2. The Balaban J connectivity index is 1.41. The Labute approximate surface area is 198 Å². The Morgan fingerprint density at radius 3 is 2.24 bits per heavy atom. The van der Waals surface area contributed by atoms with E-state index in [1.54, 1.807) is 20.8 Å². The van der Waals surface area contributed by atoms with Gasteiger partial charge in [0.2, 0.25) is 5.91 Å². The highest BCUT2D eigenvalue weighted by molar-refractivity contribution is 5.89. The number of carboxylic acids is 1. The molecule has 34 heavy (non-hydrogen) atoms. The number of amides is 2. The minimum Gasteiger partial charge on any atom is -0.480 e. The smallest absolute Gasteiger partial charge is 0.407 e. The SMILES string of the molecule is CC(C)[C@@H](NC(=O)C1(C)COCC1NC(=O)OCC1c2ccccc2-c2ccccc21)C(=O)O. The molecular formula is C26H30N2O6. The van der Waals surface area contributed by atoms with Crippen LogP contribution in [0.1, 0.15) is 37.8 Å². The van der Waals surface area contributed by atoms with Crippen LogP contribution in [-0.4, -0.2) is 55.0 Å². The molecule has 2 aliphatic rings. The number of hydrogen-bond donors (Lipinski definition) is 3. The number of aliphatic carboxylic acids is 1. The summed E-state index contributed by atoms with van der Waals surface area (Å²) in [7, 11) is 0. The highest BCUT2D eigenvalue weighted by Gasteiger charge is 2.48. The van der Waals surface area contributed by atoms with Crippen molar-refractivity contribution in [3.63, 3.8) is 0 Å². The van der Waals surface area contributed by atoms with E-state index in [9.17, 15) is 19.5 Å². The first kappa shape index (κ1) is 23.8. The van der Waals surface area contributed by atoms with Gasteiger partial charge in [-0.1, -0.05) is 62.4 Å². The van der Waals surface area contributed by atoms with Gasteiger partial charge in [0.25, 0.3) is 0 Å². The molecule has 0 saturated carbocycles. The average molecular weight is 467 g/mol. The van der Waals surface area contributed by atoms with Crippen LogP contribution in [0.5, 0.6) is 0 Å². The molecule has 180 valence electrons. The second kappa shape index (κ2) is 9.46. The molecule has 8 heteroatoms. The van der Waals surface area contributed by atoms with Gasteiger partial charge in [-0.2, -0.15) is 0 Å². The van der Waals surface area contributed by atoms with Gasteiger partial charge in [-0.05, 0) is 35.1 Å². The zero-order valence-corrected chi connectivity index (χ0v) is 19.5. The number of carbonyl (C=O) groups is 3. The van der Waals surface area contributed by atoms with Gasteiger partial charge in [0.1, 0.15) is 12.6 Å². The molecule has 2 aromatic carbocycles. The predicted octanol–water partition coefficient (Wildman–Crippen LogP) is 3.16. The zero-order valence-electron chi connectivity index (χ0n) is 19.5. The molecule has 0 bridgehead atoms. The third kappa shape index (κ3) is 4.37. The van der Waals surface area contributed by atoms with E-state index in [1.165, 1.54) is 0 Å². The molecule has 2 unspecified atom stereocenters. The van der Waals surface area contributed by atoms with Crippen molar-refractivity contribution in [1.29, 1.82) is 0 Å². The molecule has 4 rings (SSSR count). The van der Waals surface area contributed by atoms with Gasteiger partial charge in [0, 0.05) is 5.92 Å². The molecule has 2 aromatic rings. The van der Waals surface area contributed by atoms with Gasteiger partial charge >= 0.3 is 12.1 Å². The van der Waals surface area contributed by atoms with Crippen molar-refractivity contribution < 1.29 is 29.0 Å². The molecule has 1 aliphatic carbocycles. The Bertz CT molecular complexity index is 1050. The standard InChI is InChI=1S/C26H30N2O6/c1-15(2)22(23(29)30)28-24(31)26(3)14-33-13-21(26)27-25(32)34-12-20-18-10-6-4-8-16(18)17-9-5-7-11-19(17)20/h4-11,15,20-22H,12-14H2,1-3H3,(H,27,32)(H,28,31)(H,29,30)/t21?,22-,26?/m1/s1. The summed E-state index contributed by atoms with van der Waals surface area (Å²) in [4.78, 5) is 37.2. The second-order valence-corrected chi connectivity index (χ2v) is 9.49. The molecule has 1 heterocycles. The van der Waals surface area contributed by atoms with E-state index in [0.29, 0.717) is 0 Å². The van der Waals surface area contributed by atoms with Crippen LogP contribution >= 0.6 is 0 Å². The maximum absolute atomic E-state index is 13.0. The largest absolute Gasteiger partial charge is 0.480 e. The number of nitrogens with one attached hydrogen (secondary N) is 2. The highest BCUT2D eigenvalue weighted by atomic mass is 16.5. The molecule has 0 radical (unpaired) electrons. The van der Waals surface area contributed by atoms with Gasteiger partial charge in [0.15, 0.2) is 0 Å². The van der Waals surface area contributed by atoms with Crippen molar-refractivity contribution in [2.75, 3.05) is 19.8 Å². The first-order chi connectivity index (χ1) is 16.2. The molecule has 0 spiro atoms. The van der Waals surface area contributed by atoms with Crippen LogP contribution in [0.4, 0.5) is 4.79 Å².